The Morgan fingerprint density at radius 3 is 2.74 bits per heavy atom. The van der Waals surface area contributed by atoms with Crippen LogP contribution < -0.4 is 9.88 Å². The van der Waals surface area contributed by atoms with E-state index < -0.39 is 6.04 Å². The molecule has 0 spiro atoms. The number of rotatable bonds is 4. The highest BCUT2D eigenvalue weighted by Crippen LogP contribution is 2.36. The number of benzene rings is 2. The Hall–Kier alpha value is -3.80. The second-order valence-corrected chi connectivity index (χ2v) is 9.26. The molecule has 5 nitrogen and oxygen atoms in total. The summed E-state index contributed by atoms with van der Waals surface area (Å²) in [4.78, 5) is 18.8. The Morgan fingerprint density at radius 1 is 1.09 bits per heavy atom. The molecule has 170 valence electrons. The van der Waals surface area contributed by atoms with E-state index in [9.17, 15) is 14.3 Å². The SMILES string of the molecule is O=C1C(Cc2ccc(F)cc2)Nc2c(CC3C=CC=CC3)nc3c([n+]21)CCc1cc(O)ccc1-3. The number of aromatic nitrogens is 2. The number of carbonyl (C=O) groups is 1. The van der Waals surface area contributed by atoms with E-state index in [0.29, 0.717) is 18.8 Å². The van der Waals surface area contributed by atoms with Crippen LogP contribution in [0.25, 0.3) is 11.3 Å². The van der Waals surface area contributed by atoms with Crippen molar-refractivity contribution in [3.8, 4) is 17.0 Å². The highest BCUT2D eigenvalue weighted by molar-refractivity contribution is 5.84. The fourth-order valence-corrected chi connectivity index (χ4v) is 5.28. The highest BCUT2D eigenvalue weighted by atomic mass is 19.1. The molecule has 2 atom stereocenters. The van der Waals surface area contributed by atoms with Crippen molar-refractivity contribution in [3.05, 3.63) is 95.1 Å². The first-order chi connectivity index (χ1) is 16.6. The van der Waals surface area contributed by atoms with Crippen molar-refractivity contribution in [1.82, 2.24) is 4.98 Å². The lowest BCUT2D eigenvalue weighted by molar-refractivity contribution is -0.562. The average Bonchev–Trinajstić information content (AvgIpc) is 3.17. The molecule has 0 amide bonds. The molecular formula is C28H25FN3O2+. The van der Waals surface area contributed by atoms with Crippen molar-refractivity contribution in [1.29, 1.82) is 0 Å². The van der Waals surface area contributed by atoms with Crippen molar-refractivity contribution in [3.63, 3.8) is 0 Å². The van der Waals surface area contributed by atoms with E-state index in [1.165, 1.54) is 12.1 Å². The monoisotopic (exact) mass is 454 g/mol. The number of fused-ring (bicyclic) bond motifs is 5. The summed E-state index contributed by atoms with van der Waals surface area (Å²) in [7, 11) is 0. The van der Waals surface area contributed by atoms with Gasteiger partial charge in [-0.15, -0.1) is 0 Å². The second kappa shape index (κ2) is 8.20. The molecule has 0 bridgehead atoms. The molecule has 0 radical (unpaired) electrons. The lowest BCUT2D eigenvalue weighted by Gasteiger charge is -2.21. The predicted molar refractivity (Wildman–Crippen MR) is 127 cm³/mol. The molecule has 2 unspecified atom stereocenters. The Morgan fingerprint density at radius 2 is 1.94 bits per heavy atom. The van der Waals surface area contributed by atoms with E-state index in [1.54, 1.807) is 24.3 Å². The van der Waals surface area contributed by atoms with E-state index in [4.69, 9.17) is 4.98 Å². The van der Waals surface area contributed by atoms with Crippen LogP contribution in [0.5, 0.6) is 5.75 Å². The van der Waals surface area contributed by atoms with Crippen molar-refractivity contribution in [2.45, 2.75) is 38.1 Å². The third-order valence-corrected chi connectivity index (χ3v) is 6.97. The number of halogens is 1. The number of nitrogens with one attached hydrogen (secondary N) is 1. The van der Waals surface area contributed by atoms with E-state index in [2.05, 4.69) is 29.6 Å². The third-order valence-electron chi connectivity index (χ3n) is 6.97. The van der Waals surface area contributed by atoms with Gasteiger partial charge in [-0.25, -0.2) is 14.2 Å². The summed E-state index contributed by atoms with van der Waals surface area (Å²) in [6.45, 7) is 0. The molecule has 2 aliphatic carbocycles. The number of hydrogen-bond acceptors (Lipinski definition) is 4. The van der Waals surface area contributed by atoms with Crippen LogP contribution in [0.2, 0.25) is 0 Å². The number of phenolic OH excluding ortho intramolecular Hbond substituents is 1. The molecular weight excluding hydrogens is 429 g/mol. The summed E-state index contributed by atoms with van der Waals surface area (Å²) in [5.74, 6) is 1.05. The highest BCUT2D eigenvalue weighted by Gasteiger charge is 2.44. The smallest absolute Gasteiger partial charge is 0.359 e. The van der Waals surface area contributed by atoms with Crippen molar-refractivity contribution in [2.24, 2.45) is 5.92 Å². The summed E-state index contributed by atoms with van der Waals surface area (Å²) in [6.07, 6.45) is 12.0. The molecule has 2 heterocycles. The van der Waals surface area contributed by atoms with Crippen LogP contribution in [0.1, 0.15) is 33.7 Å². The van der Waals surface area contributed by atoms with E-state index in [1.807, 2.05) is 10.6 Å². The van der Waals surface area contributed by atoms with Crippen molar-refractivity contribution < 1.29 is 18.9 Å². The number of carbonyl (C=O) groups excluding carboxylic acids is 1. The number of aryl methyl sites for hydroxylation is 1. The largest absolute Gasteiger partial charge is 0.508 e. The quantitative estimate of drug-likeness (QED) is 0.576. The molecule has 0 saturated heterocycles. The first kappa shape index (κ1) is 20.8. The molecule has 6 heteroatoms. The number of aromatic hydroxyl groups is 1. The van der Waals surface area contributed by atoms with Gasteiger partial charge in [0.05, 0.1) is 0 Å². The molecule has 0 fully saturated rings. The van der Waals surface area contributed by atoms with Gasteiger partial charge < -0.3 is 5.11 Å². The summed E-state index contributed by atoms with van der Waals surface area (Å²) < 4.78 is 15.2. The molecule has 3 aromatic rings. The topological polar surface area (TPSA) is 66.1 Å². The Kier molecular flexibility index (Phi) is 5.01. The normalized spacial score (nSPS) is 20.0. The summed E-state index contributed by atoms with van der Waals surface area (Å²) in [5.41, 5.74) is 5.55. The average molecular weight is 455 g/mol. The molecule has 34 heavy (non-hydrogen) atoms. The number of hydrogen-bond donors (Lipinski definition) is 2. The lowest BCUT2D eigenvalue weighted by Crippen LogP contribution is -2.48. The van der Waals surface area contributed by atoms with Gasteiger partial charge in [0.15, 0.2) is 6.04 Å². The predicted octanol–water partition coefficient (Wildman–Crippen LogP) is 4.33. The minimum Gasteiger partial charge on any atom is -0.508 e. The van der Waals surface area contributed by atoms with Gasteiger partial charge in [0.2, 0.25) is 0 Å². The summed E-state index contributed by atoms with van der Waals surface area (Å²) >= 11 is 0. The second-order valence-electron chi connectivity index (χ2n) is 9.26. The van der Waals surface area contributed by atoms with Crippen LogP contribution in [0.4, 0.5) is 10.2 Å². The van der Waals surface area contributed by atoms with Crippen LogP contribution in [0.15, 0.2) is 66.8 Å². The van der Waals surface area contributed by atoms with Crippen molar-refractivity contribution in [2.75, 3.05) is 5.32 Å². The minimum atomic E-state index is -0.430. The zero-order chi connectivity index (χ0) is 23.2. The zero-order valence-electron chi connectivity index (χ0n) is 18.7. The van der Waals surface area contributed by atoms with Crippen LogP contribution in [-0.2, 0) is 25.7 Å². The van der Waals surface area contributed by atoms with Crippen LogP contribution in [-0.4, -0.2) is 22.0 Å². The van der Waals surface area contributed by atoms with Gasteiger partial charge in [0.25, 0.3) is 0 Å². The van der Waals surface area contributed by atoms with Gasteiger partial charge in [-0.05, 0) is 60.2 Å². The Bertz CT molecular complexity index is 1360. The molecule has 6 rings (SSSR count). The van der Waals surface area contributed by atoms with Crippen LogP contribution in [0, 0.1) is 11.7 Å². The van der Waals surface area contributed by atoms with Gasteiger partial charge in [-0.1, -0.05) is 36.4 Å². The lowest BCUT2D eigenvalue weighted by atomic mass is 9.90. The maximum Gasteiger partial charge on any atom is 0.359 e. The first-order valence-corrected chi connectivity index (χ1v) is 11.8. The van der Waals surface area contributed by atoms with Crippen LogP contribution in [0.3, 0.4) is 0 Å². The minimum absolute atomic E-state index is 0.000496. The first-order valence-electron chi connectivity index (χ1n) is 11.8. The van der Waals surface area contributed by atoms with E-state index >= 15 is 0 Å². The van der Waals surface area contributed by atoms with Gasteiger partial charge >= 0.3 is 11.7 Å². The maximum absolute atomic E-state index is 13.7. The third kappa shape index (κ3) is 3.59. The molecule has 0 saturated carbocycles. The summed E-state index contributed by atoms with van der Waals surface area (Å²) in [6, 6.07) is 11.3. The fraction of sp³-hybridized carbons (Fsp3) is 0.250. The van der Waals surface area contributed by atoms with Crippen molar-refractivity contribution >= 4 is 11.7 Å². The summed E-state index contributed by atoms with van der Waals surface area (Å²) in [5, 5.41) is 13.4. The maximum atomic E-state index is 13.7. The van der Waals surface area contributed by atoms with Gasteiger partial charge in [0, 0.05) is 24.8 Å². The number of nitrogens with zero attached hydrogens (tertiary/aromatic N) is 2. The van der Waals surface area contributed by atoms with E-state index in [-0.39, 0.29) is 17.5 Å². The zero-order valence-corrected chi connectivity index (χ0v) is 18.7. The Labute approximate surface area is 197 Å². The molecule has 2 aromatic carbocycles. The molecule has 3 aliphatic rings. The van der Waals surface area contributed by atoms with Crippen LogP contribution >= 0.6 is 0 Å². The van der Waals surface area contributed by atoms with Gasteiger partial charge in [0.1, 0.15) is 28.6 Å². The van der Waals surface area contributed by atoms with E-state index in [0.717, 1.165) is 58.9 Å². The van der Waals surface area contributed by atoms with Gasteiger partial charge in [-0.2, -0.15) is 4.57 Å². The molecule has 1 aliphatic heterocycles. The van der Waals surface area contributed by atoms with Gasteiger partial charge in [-0.3, -0.25) is 5.32 Å². The Balaban J connectivity index is 1.44. The molecule has 1 aromatic heterocycles. The molecule has 2 N–H and O–H groups in total. The number of phenols is 1. The fourth-order valence-electron chi connectivity index (χ4n) is 5.28. The number of anilines is 1. The standard InChI is InChI=1S/C28H24FN3O2/c29-20-9-6-18(7-10-20)15-24-28(34)32-25-13-8-19-16-21(33)11-12-22(19)26(25)30-23(27(32)31-24)14-17-4-2-1-3-5-17/h1-4,6-7,9-12,16-17,24,33H,5,8,13-15H2/p+1. The number of allylic oxidation sites excluding steroid dienone is 4.